The molecule has 5 N–H and O–H groups in total. The SMILES string of the molecule is CCCCNc1cccc(-n2ccc(/C=C/C=N/NC(=N)N)c2)c1. The number of benzene rings is 1. The number of nitrogens with two attached hydrogens (primary N) is 1. The summed E-state index contributed by atoms with van der Waals surface area (Å²) in [5.74, 6) is -0.182. The van der Waals surface area contributed by atoms with Gasteiger partial charge in [-0.1, -0.05) is 25.5 Å². The summed E-state index contributed by atoms with van der Waals surface area (Å²) in [6.07, 6.45) is 11.7. The molecular formula is C18H24N6. The zero-order valence-corrected chi connectivity index (χ0v) is 13.9. The molecule has 1 aromatic heterocycles. The van der Waals surface area contributed by atoms with E-state index < -0.39 is 0 Å². The summed E-state index contributed by atoms with van der Waals surface area (Å²) in [5.41, 5.74) is 10.8. The van der Waals surface area contributed by atoms with Crippen molar-refractivity contribution in [2.75, 3.05) is 11.9 Å². The third-order valence-electron chi connectivity index (χ3n) is 3.35. The van der Waals surface area contributed by atoms with Crippen molar-refractivity contribution < 1.29 is 0 Å². The number of hydrogen-bond donors (Lipinski definition) is 4. The van der Waals surface area contributed by atoms with E-state index in [4.69, 9.17) is 11.1 Å². The molecule has 0 bridgehead atoms. The van der Waals surface area contributed by atoms with Crippen LogP contribution in [0, 0.1) is 5.41 Å². The van der Waals surface area contributed by atoms with Crippen LogP contribution in [0.4, 0.5) is 5.69 Å². The largest absolute Gasteiger partial charge is 0.385 e. The van der Waals surface area contributed by atoms with Gasteiger partial charge in [0.15, 0.2) is 0 Å². The van der Waals surface area contributed by atoms with Crippen molar-refractivity contribution in [1.82, 2.24) is 9.99 Å². The van der Waals surface area contributed by atoms with Crippen LogP contribution in [0.5, 0.6) is 0 Å². The van der Waals surface area contributed by atoms with Gasteiger partial charge in [-0.2, -0.15) is 5.10 Å². The van der Waals surface area contributed by atoms with Gasteiger partial charge < -0.3 is 15.6 Å². The molecule has 0 atom stereocenters. The zero-order chi connectivity index (χ0) is 17.2. The van der Waals surface area contributed by atoms with Crippen LogP contribution in [0.1, 0.15) is 25.3 Å². The van der Waals surface area contributed by atoms with E-state index in [1.54, 1.807) is 12.3 Å². The molecule has 0 saturated carbocycles. The molecule has 0 fully saturated rings. The van der Waals surface area contributed by atoms with Gasteiger partial charge in [0.2, 0.25) is 5.96 Å². The van der Waals surface area contributed by atoms with Crippen LogP contribution in [0.3, 0.4) is 0 Å². The lowest BCUT2D eigenvalue weighted by atomic mass is 10.2. The number of rotatable bonds is 8. The summed E-state index contributed by atoms with van der Waals surface area (Å²) in [5, 5.41) is 14.2. The summed E-state index contributed by atoms with van der Waals surface area (Å²) >= 11 is 0. The number of nitrogens with one attached hydrogen (secondary N) is 3. The molecule has 126 valence electrons. The molecule has 6 nitrogen and oxygen atoms in total. The van der Waals surface area contributed by atoms with E-state index >= 15 is 0 Å². The van der Waals surface area contributed by atoms with Gasteiger partial charge in [-0.25, -0.2) is 5.43 Å². The smallest absolute Gasteiger partial charge is 0.206 e. The quantitative estimate of drug-likeness (QED) is 0.260. The highest BCUT2D eigenvalue weighted by Gasteiger charge is 1.99. The van der Waals surface area contributed by atoms with E-state index in [1.807, 2.05) is 24.5 Å². The Labute approximate surface area is 142 Å². The van der Waals surface area contributed by atoms with Gasteiger partial charge >= 0.3 is 0 Å². The van der Waals surface area contributed by atoms with Gasteiger partial charge in [-0.3, -0.25) is 5.41 Å². The van der Waals surface area contributed by atoms with Crippen molar-refractivity contribution in [3.05, 3.63) is 54.4 Å². The molecule has 6 heteroatoms. The number of aromatic nitrogens is 1. The number of anilines is 1. The van der Waals surface area contributed by atoms with Crippen LogP contribution in [0.15, 0.2) is 53.9 Å². The van der Waals surface area contributed by atoms with Crippen molar-refractivity contribution in [1.29, 1.82) is 5.41 Å². The number of unbranched alkanes of at least 4 members (excludes halogenated alkanes) is 1. The normalized spacial score (nSPS) is 11.2. The van der Waals surface area contributed by atoms with Gasteiger partial charge in [-0.05, 0) is 42.3 Å². The van der Waals surface area contributed by atoms with E-state index in [9.17, 15) is 0 Å². The Morgan fingerprint density at radius 3 is 3.04 bits per heavy atom. The molecule has 24 heavy (non-hydrogen) atoms. The summed E-state index contributed by atoms with van der Waals surface area (Å²) in [7, 11) is 0. The van der Waals surface area contributed by atoms with Gasteiger partial charge in [0, 0.05) is 36.5 Å². The third-order valence-corrected chi connectivity index (χ3v) is 3.35. The monoisotopic (exact) mass is 324 g/mol. The Hall–Kier alpha value is -3.02. The first-order valence-electron chi connectivity index (χ1n) is 8.01. The van der Waals surface area contributed by atoms with Gasteiger partial charge in [0.25, 0.3) is 0 Å². The van der Waals surface area contributed by atoms with E-state index in [1.165, 1.54) is 12.8 Å². The highest BCUT2D eigenvalue weighted by molar-refractivity contribution is 5.80. The third kappa shape index (κ3) is 5.64. The van der Waals surface area contributed by atoms with Crippen LogP contribution in [-0.4, -0.2) is 23.3 Å². The number of hydrogen-bond acceptors (Lipinski definition) is 3. The average Bonchev–Trinajstić information content (AvgIpc) is 3.04. The Bertz CT molecular complexity index is 714. The lowest BCUT2D eigenvalue weighted by Crippen LogP contribution is -2.25. The maximum atomic E-state index is 6.98. The second-order valence-electron chi connectivity index (χ2n) is 5.35. The second-order valence-corrected chi connectivity index (χ2v) is 5.35. The Morgan fingerprint density at radius 2 is 2.25 bits per heavy atom. The molecular weight excluding hydrogens is 300 g/mol. The molecule has 1 heterocycles. The first-order valence-corrected chi connectivity index (χ1v) is 8.01. The molecule has 0 aliphatic heterocycles. The van der Waals surface area contributed by atoms with E-state index in [0.29, 0.717) is 0 Å². The molecule has 0 radical (unpaired) electrons. The first kappa shape index (κ1) is 17.3. The summed E-state index contributed by atoms with van der Waals surface area (Å²) in [6.45, 7) is 3.18. The van der Waals surface area contributed by atoms with Crippen molar-refractivity contribution in [2.24, 2.45) is 10.8 Å². The standard InChI is InChI=1S/C18H24N6/c1-2-3-10-21-16-7-4-8-17(13-16)24-12-9-15(14-24)6-5-11-22-23-18(19)20/h4-9,11-14,21H,2-3,10H2,1H3,(H4,19,20,23)/b6-5+,22-11+. The predicted octanol–water partition coefficient (Wildman–Crippen LogP) is 3.17. The average molecular weight is 324 g/mol. The lowest BCUT2D eigenvalue weighted by molar-refractivity contribution is 0.834. The van der Waals surface area contributed by atoms with Crippen molar-refractivity contribution in [3.8, 4) is 5.69 Å². The maximum Gasteiger partial charge on any atom is 0.206 e. The Morgan fingerprint density at radius 1 is 1.38 bits per heavy atom. The molecule has 0 amide bonds. The van der Waals surface area contributed by atoms with Crippen molar-refractivity contribution in [2.45, 2.75) is 19.8 Å². The van der Waals surface area contributed by atoms with Gasteiger partial charge in [0.05, 0.1) is 0 Å². The first-order chi connectivity index (χ1) is 11.7. The maximum absolute atomic E-state index is 6.98. The number of nitrogens with zero attached hydrogens (tertiary/aromatic N) is 2. The van der Waals surface area contributed by atoms with Crippen LogP contribution in [-0.2, 0) is 0 Å². The fraction of sp³-hybridized carbons (Fsp3) is 0.222. The number of allylic oxidation sites excluding steroid dienone is 1. The molecule has 2 rings (SSSR count). The number of hydrazone groups is 1. The zero-order valence-electron chi connectivity index (χ0n) is 13.9. The summed E-state index contributed by atoms with van der Waals surface area (Å²) in [6, 6.07) is 10.4. The second kappa shape index (κ2) is 9.19. The fourth-order valence-electron chi connectivity index (χ4n) is 2.16. The lowest BCUT2D eigenvalue weighted by Gasteiger charge is -2.08. The molecule has 0 saturated heterocycles. The van der Waals surface area contributed by atoms with Crippen LogP contribution in [0.25, 0.3) is 11.8 Å². The van der Waals surface area contributed by atoms with E-state index in [2.05, 4.69) is 51.6 Å². The Balaban J connectivity index is 1.99. The molecule has 2 aromatic rings. The highest BCUT2D eigenvalue weighted by atomic mass is 15.3. The van der Waals surface area contributed by atoms with Crippen LogP contribution >= 0.6 is 0 Å². The molecule has 1 aromatic carbocycles. The van der Waals surface area contributed by atoms with E-state index in [0.717, 1.165) is 23.5 Å². The summed E-state index contributed by atoms with van der Waals surface area (Å²) in [4.78, 5) is 0. The minimum Gasteiger partial charge on any atom is -0.385 e. The topological polar surface area (TPSA) is 91.2 Å². The van der Waals surface area contributed by atoms with E-state index in [-0.39, 0.29) is 5.96 Å². The molecule has 0 spiro atoms. The van der Waals surface area contributed by atoms with Gasteiger partial charge in [-0.15, -0.1) is 0 Å². The molecule has 0 aliphatic carbocycles. The summed E-state index contributed by atoms with van der Waals surface area (Å²) < 4.78 is 2.08. The predicted molar refractivity (Wildman–Crippen MR) is 102 cm³/mol. The molecule has 0 unspecified atom stereocenters. The molecule has 0 aliphatic rings. The minimum atomic E-state index is -0.182. The highest BCUT2D eigenvalue weighted by Crippen LogP contribution is 2.16. The Kier molecular flexibility index (Phi) is 6.64. The number of guanidine groups is 1. The van der Waals surface area contributed by atoms with Crippen molar-refractivity contribution in [3.63, 3.8) is 0 Å². The fourth-order valence-corrected chi connectivity index (χ4v) is 2.16. The van der Waals surface area contributed by atoms with Crippen LogP contribution < -0.4 is 16.5 Å². The van der Waals surface area contributed by atoms with Crippen LogP contribution in [0.2, 0.25) is 0 Å². The van der Waals surface area contributed by atoms with Crippen molar-refractivity contribution >= 4 is 23.9 Å². The minimum absolute atomic E-state index is 0.182. The van der Waals surface area contributed by atoms with Gasteiger partial charge in [0.1, 0.15) is 0 Å².